The number of likely N-dealkylation sites (tertiary alicyclic amines) is 2. The molecule has 2 fully saturated rings. The van der Waals surface area contributed by atoms with E-state index in [1.54, 1.807) is 61.0 Å². The molecule has 2 aromatic heterocycles. The van der Waals surface area contributed by atoms with Crippen LogP contribution in [0.25, 0.3) is 0 Å². The molecule has 0 spiro atoms. The maximum atomic E-state index is 14.3. The lowest BCUT2D eigenvalue weighted by Gasteiger charge is -2.32. The number of likely N-dealkylation sites (N-methyl/N-ethyl adjacent to an activating group) is 2. The van der Waals surface area contributed by atoms with Crippen molar-refractivity contribution in [2.24, 2.45) is 0 Å². The van der Waals surface area contributed by atoms with E-state index in [2.05, 4.69) is 86.6 Å². The van der Waals surface area contributed by atoms with Crippen molar-refractivity contribution < 1.29 is 28.7 Å². The molecule has 0 aliphatic carbocycles. The van der Waals surface area contributed by atoms with Crippen molar-refractivity contribution in [1.29, 1.82) is 0 Å². The van der Waals surface area contributed by atoms with Crippen LogP contribution < -0.4 is 31.9 Å². The highest BCUT2D eigenvalue weighted by Gasteiger charge is 2.39. The molecule has 2 aliphatic rings. The Balaban J connectivity index is 1.03. The molecule has 0 radical (unpaired) electrons. The van der Waals surface area contributed by atoms with Crippen LogP contribution in [0, 0.1) is 23.7 Å². The molecule has 6 rings (SSSR count). The van der Waals surface area contributed by atoms with Crippen molar-refractivity contribution in [2.75, 3.05) is 51.0 Å². The Morgan fingerprint density at radius 3 is 1.41 bits per heavy atom. The van der Waals surface area contributed by atoms with Crippen LogP contribution in [0.15, 0.2) is 60.7 Å². The fraction of sp³-hybridized carbons (Fsp3) is 0.542. The van der Waals surface area contributed by atoms with Gasteiger partial charge in [-0.2, -0.15) is 0 Å². The van der Waals surface area contributed by atoms with E-state index in [4.69, 9.17) is 9.47 Å². The number of carbonyl (C=O) groups is 4. The third-order valence-corrected chi connectivity index (χ3v) is 12.5. The summed E-state index contributed by atoms with van der Waals surface area (Å²) < 4.78 is 15.4. The van der Waals surface area contributed by atoms with E-state index in [1.165, 1.54) is 0 Å². The first kappa shape index (κ1) is 52.4. The second kappa shape index (κ2) is 26.7. The molecule has 6 N–H and O–H groups in total. The predicted molar refractivity (Wildman–Crippen MR) is 260 cm³/mol. The molecule has 2 aromatic carbocycles. The predicted octanol–water partition coefficient (Wildman–Crippen LogP) is 0.568. The van der Waals surface area contributed by atoms with Crippen molar-refractivity contribution in [1.82, 2.24) is 71.5 Å². The molecule has 70 heavy (non-hydrogen) atoms. The second-order valence-corrected chi connectivity index (χ2v) is 17.3. The number of hydrogen-bond acceptors (Lipinski definition) is 16. The van der Waals surface area contributed by atoms with Gasteiger partial charge in [-0.1, -0.05) is 82.7 Å². The third kappa shape index (κ3) is 14.8. The monoisotopic (exact) mass is 963 g/mol. The van der Waals surface area contributed by atoms with Gasteiger partial charge in [0, 0.05) is 26.2 Å². The normalized spacial score (nSPS) is 18.0. The molecule has 4 aromatic rings. The Kier molecular flexibility index (Phi) is 20.0. The summed E-state index contributed by atoms with van der Waals surface area (Å²) in [6.07, 6.45) is 1.52. The van der Waals surface area contributed by atoms with Crippen molar-refractivity contribution >= 4 is 35.5 Å². The van der Waals surface area contributed by atoms with E-state index in [0.717, 1.165) is 36.8 Å². The summed E-state index contributed by atoms with van der Waals surface area (Å²) in [5.74, 6) is 10.9. The number of rotatable bonds is 24. The van der Waals surface area contributed by atoms with E-state index in [9.17, 15) is 19.2 Å². The summed E-state index contributed by atoms with van der Waals surface area (Å²) in [4.78, 5) is 58.3. The van der Waals surface area contributed by atoms with Gasteiger partial charge in [-0.05, 0) is 111 Å². The number of hydrogen-bond donors (Lipinski definition) is 6. The lowest BCUT2D eigenvalue weighted by atomic mass is 10.1. The Labute approximate surface area is 409 Å². The molecular weight excluding hydrogens is 897 g/mol. The largest absolute Gasteiger partial charge is 0.363 e. The van der Waals surface area contributed by atoms with E-state index < -0.39 is 36.4 Å². The molecular formula is C48H66N16O6. The van der Waals surface area contributed by atoms with Gasteiger partial charge in [-0.15, -0.1) is 0 Å². The Bertz CT molecular complexity index is 2260. The Morgan fingerprint density at radius 2 is 1.03 bits per heavy atom. The molecule has 0 bridgehead atoms. The summed E-state index contributed by atoms with van der Waals surface area (Å²) >= 11 is 0. The van der Waals surface area contributed by atoms with Crippen molar-refractivity contribution in [3.63, 3.8) is 0 Å². The molecule has 374 valence electrons. The topological polar surface area (TPSA) is 253 Å². The van der Waals surface area contributed by atoms with Crippen molar-refractivity contribution in [3.8, 4) is 23.7 Å². The molecule has 4 heterocycles. The first-order chi connectivity index (χ1) is 34.0. The highest BCUT2D eigenvalue weighted by atomic mass is 16.5. The molecule has 2 saturated heterocycles. The molecule has 4 amide bonds. The Hall–Kier alpha value is -6.98. The zero-order valence-electron chi connectivity index (χ0n) is 40.8. The first-order valence-electron chi connectivity index (χ1n) is 23.8. The van der Waals surface area contributed by atoms with Crippen molar-refractivity contribution in [3.05, 3.63) is 71.8 Å². The average molecular weight is 963 g/mol. The zero-order chi connectivity index (χ0) is 49.8. The van der Waals surface area contributed by atoms with Crippen LogP contribution in [-0.2, 0) is 54.8 Å². The minimum absolute atomic E-state index is 0.0721. The third-order valence-electron chi connectivity index (χ3n) is 12.5. The molecule has 0 saturated carbocycles. The number of aromatic nitrogens is 8. The van der Waals surface area contributed by atoms with Gasteiger partial charge in [0.15, 0.2) is 0 Å². The number of amides is 4. The standard InChI is InChI=1S/C48H66N16O6/c1-33(49-5)43(65)53-41(45(67)61-25-17-23-39(61)31-63-47(55-57-59-63)51-29-37-19-11-9-12-20-37)35(3)69-27-15-7-8-16-28-70-36(4)42(54-44(66)34(2)50-6)46(68)62-26-18-24-40(62)32-64-48(56-58-60-64)52-30-38-21-13-10-14-22-38/h9-14,19-22,33-36,39-42,49-50H,17-18,23-32H2,1-6H3,(H,53,65)(H,54,66)(H,51,55,59)(H,52,56,60)/t33?,34?,35?,36?,39-,40-,41?,42?/m0/s1. The molecule has 22 nitrogen and oxygen atoms in total. The molecule has 6 unspecified atom stereocenters. The number of benzene rings is 2. The van der Waals surface area contributed by atoms with E-state index >= 15 is 0 Å². The fourth-order valence-electron chi connectivity index (χ4n) is 8.13. The minimum Gasteiger partial charge on any atom is -0.363 e. The van der Waals surface area contributed by atoms with Gasteiger partial charge >= 0.3 is 0 Å². The first-order valence-corrected chi connectivity index (χ1v) is 23.8. The fourth-order valence-corrected chi connectivity index (χ4v) is 8.13. The van der Waals surface area contributed by atoms with Crippen LogP contribution in [0.3, 0.4) is 0 Å². The van der Waals surface area contributed by atoms with Gasteiger partial charge in [0.2, 0.25) is 35.5 Å². The Morgan fingerprint density at radius 1 is 0.629 bits per heavy atom. The molecule has 22 heteroatoms. The lowest BCUT2D eigenvalue weighted by Crippen LogP contribution is -2.58. The maximum absolute atomic E-state index is 14.3. The highest BCUT2D eigenvalue weighted by molar-refractivity contribution is 5.91. The van der Waals surface area contributed by atoms with Gasteiger partial charge in [0.05, 0.1) is 49.5 Å². The number of tetrazole rings is 2. The second-order valence-electron chi connectivity index (χ2n) is 17.3. The van der Waals surface area contributed by atoms with Crippen molar-refractivity contribution in [2.45, 2.75) is 128 Å². The number of nitrogens with zero attached hydrogens (tertiary/aromatic N) is 10. The van der Waals surface area contributed by atoms with E-state index in [-0.39, 0.29) is 48.9 Å². The number of nitrogens with one attached hydrogen (secondary N) is 6. The summed E-state index contributed by atoms with van der Waals surface area (Å²) in [5, 5.41) is 42.6. The van der Waals surface area contributed by atoms with Crippen LogP contribution in [0.1, 0.15) is 64.5 Å². The van der Waals surface area contributed by atoms with Crippen LogP contribution in [-0.4, -0.2) is 163 Å². The molecule has 8 atom stereocenters. The van der Waals surface area contributed by atoms with Gasteiger partial charge < -0.3 is 51.2 Å². The van der Waals surface area contributed by atoms with Crippen LogP contribution in [0.5, 0.6) is 0 Å². The smallest absolute Gasteiger partial charge is 0.248 e. The van der Waals surface area contributed by atoms with Gasteiger partial charge in [0.25, 0.3) is 0 Å². The van der Waals surface area contributed by atoms with E-state index in [0.29, 0.717) is 51.2 Å². The maximum Gasteiger partial charge on any atom is 0.248 e. The van der Waals surface area contributed by atoms with Gasteiger partial charge in [-0.3, -0.25) is 19.2 Å². The lowest BCUT2D eigenvalue weighted by molar-refractivity contribution is -0.141. The number of carbonyl (C=O) groups excluding carboxylic acids is 4. The van der Waals surface area contributed by atoms with Crippen LogP contribution >= 0.6 is 0 Å². The van der Waals surface area contributed by atoms with Crippen LogP contribution in [0.4, 0.5) is 11.9 Å². The van der Waals surface area contributed by atoms with Gasteiger partial charge in [-0.25, -0.2) is 9.36 Å². The summed E-state index contributed by atoms with van der Waals surface area (Å²) in [6.45, 7) is 9.51. The number of ether oxygens (including phenoxy) is 2. The van der Waals surface area contributed by atoms with E-state index in [1.807, 2.05) is 60.7 Å². The number of anilines is 2. The average Bonchev–Trinajstić information content (AvgIpc) is 4.23. The van der Waals surface area contributed by atoms with Crippen LogP contribution in [0.2, 0.25) is 0 Å². The summed E-state index contributed by atoms with van der Waals surface area (Å²) in [5.41, 5.74) is 2.15. The highest BCUT2D eigenvalue weighted by Crippen LogP contribution is 2.24. The van der Waals surface area contributed by atoms with Gasteiger partial charge in [0.1, 0.15) is 25.3 Å². The minimum atomic E-state index is -1.00. The summed E-state index contributed by atoms with van der Waals surface area (Å²) in [6, 6.07) is 16.2. The summed E-state index contributed by atoms with van der Waals surface area (Å²) in [7, 11) is 3.34. The SMILES string of the molecule is CNC(C)C(=O)NC(C(=O)N1CCC[C@H]1Cn1nnnc1NCc1ccccc1)C(C)OCC#CC#CCOC(C)C(NC(=O)C(C)NC)C(=O)N1CCC[C@H]1Cn1nnnc1NCc1ccccc1. The molecule has 2 aliphatic heterocycles. The quantitative estimate of drug-likeness (QED) is 0.0525. The zero-order valence-corrected chi connectivity index (χ0v) is 40.8.